The third-order valence-corrected chi connectivity index (χ3v) is 8.65. The lowest BCUT2D eigenvalue weighted by atomic mass is 9.78. The minimum Gasteiger partial charge on any atom is -0.461 e. The van der Waals surface area contributed by atoms with Gasteiger partial charge in [0, 0.05) is 44.9 Å². The molecule has 2 atom stereocenters. The summed E-state index contributed by atoms with van der Waals surface area (Å²) in [4.78, 5) is 39.1. The fourth-order valence-electron chi connectivity index (χ4n) is 6.15. The summed E-state index contributed by atoms with van der Waals surface area (Å²) in [5.74, 6) is -2.09. The average Bonchev–Trinajstić information content (AvgIpc) is 3.03. The molecule has 0 amide bonds. The number of nitrogens with two attached hydrogens (primary N) is 1. The monoisotopic (exact) mass is 612 g/mol. The number of allylic oxidation sites excluding steroid dienone is 2. The first-order valence-corrected chi connectivity index (χ1v) is 15.2. The minimum atomic E-state index is -0.938. The molecule has 9 heteroatoms. The highest BCUT2D eigenvalue weighted by Crippen LogP contribution is 2.47. The molecule has 9 nitrogen and oxygen atoms in total. The van der Waals surface area contributed by atoms with E-state index in [4.69, 9.17) is 15.2 Å². The number of nitro groups is 1. The van der Waals surface area contributed by atoms with Crippen LogP contribution in [0.1, 0.15) is 62.6 Å². The van der Waals surface area contributed by atoms with Crippen LogP contribution in [0.4, 0.5) is 5.69 Å². The van der Waals surface area contributed by atoms with Gasteiger partial charge in [0.25, 0.3) is 5.69 Å². The highest BCUT2D eigenvalue weighted by atomic mass is 16.6. The fraction of sp³-hybridized carbons (Fsp3) is 0.333. The van der Waals surface area contributed by atoms with Gasteiger partial charge in [0.2, 0.25) is 0 Å². The van der Waals surface area contributed by atoms with E-state index in [0.29, 0.717) is 29.9 Å². The van der Waals surface area contributed by atoms with Crippen molar-refractivity contribution >= 4 is 17.6 Å². The number of esters is 2. The predicted molar refractivity (Wildman–Crippen MR) is 173 cm³/mol. The number of quaternary nitrogens is 1. The average molecular weight is 613 g/mol. The number of ether oxygens (including phenoxy) is 2. The first-order chi connectivity index (χ1) is 21.5. The van der Waals surface area contributed by atoms with Crippen molar-refractivity contribution in [2.24, 2.45) is 5.73 Å². The zero-order valence-corrected chi connectivity index (χ0v) is 26.6. The lowest BCUT2D eigenvalue weighted by molar-refractivity contribution is -0.836. The molecule has 236 valence electrons. The van der Waals surface area contributed by atoms with Crippen LogP contribution in [0.25, 0.3) is 0 Å². The molecular formula is C36H42N3O6+. The Kier molecular flexibility index (Phi) is 10.7. The molecule has 0 radical (unpaired) electrons. The van der Waals surface area contributed by atoms with Crippen LogP contribution in [0.3, 0.4) is 0 Å². The van der Waals surface area contributed by atoms with E-state index in [9.17, 15) is 19.7 Å². The standard InChI is InChI=1S/C36H42N3O6/c1-24(2)45-36(41)33-26(4)39(5,21-19-31(27-13-8-6-9-14-27)28-15-10-7-11-16-28)25(3)32(35(40)44-22-20-37)34(33)29-17-12-18-30(23-29)38(42)43/h6-18,23-24,31,34H,19-22,37H2,1-5H3/q+1. The maximum absolute atomic E-state index is 14.0. The normalized spacial score (nSPS) is 18.4. The number of hydrogen-bond donors (Lipinski definition) is 1. The van der Waals surface area contributed by atoms with Crippen LogP contribution in [0.5, 0.6) is 0 Å². The first-order valence-electron chi connectivity index (χ1n) is 15.2. The van der Waals surface area contributed by atoms with Gasteiger partial charge in [0.1, 0.15) is 29.1 Å². The number of benzene rings is 3. The molecule has 0 bridgehead atoms. The lowest BCUT2D eigenvalue weighted by Crippen LogP contribution is -2.48. The summed E-state index contributed by atoms with van der Waals surface area (Å²) in [6, 6.07) is 26.5. The van der Waals surface area contributed by atoms with E-state index in [1.165, 1.54) is 12.1 Å². The molecular weight excluding hydrogens is 570 g/mol. The number of carbonyl (C=O) groups is 2. The van der Waals surface area contributed by atoms with E-state index in [1.54, 1.807) is 26.0 Å². The van der Waals surface area contributed by atoms with Gasteiger partial charge < -0.3 is 15.2 Å². The van der Waals surface area contributed by atoms with Crippen LogP contribution in [0, 0.1) is 10.1 Å². The summed E-state index contributed by atoms with van der Waals surface area (Å²) >= 11 is 0. The quantitative estimate of drug-likeness (QED) is 0.109. The van der Waals surface area contributed by atoms with Crippen molar-refractivity contribution in [2.45, 2.75) is 52.1 Å². The molecule has 3 aromatic carbocycles. The zero-order valence-electron chi connectivity index (χ0n) is 26.6. The van der Waals surface area contributed by atoms with E-state index >= 15 is 0 Å². The summed E-state index contributed by atoms with van der Waals surface area (Å²) < 4.78 is 11.5. The van der Waals surface area contributed by atoms with Crippen molar-refractivity contribution < 1.29 is 28.5 Å². The first kappa shape index (κ1) is 33.3. The van der Waals surface area contributed by atoms with E-state index in [1.807, 2.05) is 57.3 Å². The Hall–Kier alpha value is -4.60. The van der Waals surface area contributed by atoms with Gasteiger partial charge in [-0.1, -0.05) is 72.8 Å². The Labute approximate surface area is 264 Å². The molecule has 1 heterocycles. The van der Waals surface area contributed by atoms with Crippen LogP contribution in [-0.2, 0) is 19.1 Å². The van der Waals surface area contributed by atoms with Crippen molar-refractivity contribution in [1.82, 2.24) is 0 Å². The van der Waals surface area contributed by atoms with Crippen molar-refractivity contribution in [3.8, 4) is 0 Å². The third-order valence-electron chi connectivity index (χ3n) is 8.65. The van der Waals surface area contributed by atoms with Gasteiger partial charge in [-0.05, 0) is 30.5 Å². The molecule has 0 saturated carbocycles. The second kappa shape index (κ2) is 14.5. The van der Waals surface area contributed by atoms with Gasteiger partial charge in [-0.3, -0.25) is 14.6 Å². The summed E-state index contributed by atoms with van der Waals surface area (Å²) in [5, 5.41) is 11.7. The van der Waals surface area contributed by atoms with E-state index in [0.717, 1.165) is 11.1 Å². The van der Waals surface area contributed by atoms with Crippen molar-refractivity contribution in [3.05, 3.63) is 134 Å². The van der Waals surface area contributed by atoms with Gasteiger partial charge in [-0.25, -0.2) is 9.59 Å². The molecule has 45 heavy (non-hydrogen) atoms. The Bertz CT molecular complexity index is 1560. The SMILES string of the molecule is CC1=C(C(=O)OCCN)C(c2cccc([N+](=O)[O-])c2)C(C(=O)OC(C)C)=C(C)[N+]1(C)CCC(c1ccccc1)c1ccccc1. The highest BCUT2D eigenvalue weighted by Gasteiger charge is 2.48. The number of nitrogens with zero attached hydrogens (tertiary/aromatic N) is 2. The number of hydrogen-bond acceptors (Lipinski definition) is 7. The molecule has 1 aliphatic heterocycles. The Balaban J connectivity index is 1.91. The lowest BCUT2D eigenvalue weighted by Gasteiger charge is -2.43. The molecule has 0 saturated heterocycles. The molecule has 4 rings (SSSR count). The second-order valence-electron chi connectivity index (χ2n) is 11.7. The maximum Gasteiger partial charge on any atom is 0.340 e. The predicted octanol–water partition coefficient (Wildman–Crippen LogP) is 6.36. The molecule has 3 aromatic rings. The number of rotatable bonds is 12. The molecule has 2 unspecified atom stereocenters. The van der Waals surface area contributed by atoms with Crippen molar-refractivity contribution in [2.75, 3.05) is 26.7 Å². The minimum absolute atomic E-state index is 0.0143. The van der Waals surface area contributed by atoms with E-state index < -0.39 is 28.9 Å². The van der Waals surface area contributed by atoms with Crippen molar-refractivity contribution in [3.63, 3.8) is 0 Å². The Morgan fingerprint density at radius 1 is 0.889 bits per heavy atom. The smallest absolute Gasteiger partial charge is 0.340 e. The van der Waals surface area contributed by atoms with E-state index in [2.05, 4.69) is 24.3 Å². The molecule has 2 N–H and O–H groups in total. The van der Waals surface area contributed by atoms with Gasteiger partial charge in [-0.2, -0.15) is 0 Å². The summed E-state index contributed by atoms with van der Waals surface area (Å²) in [6.45, 7) is 7.92. The molecule has 0 aliphatic carbocycles. The zero-order chi connectivity index (χ0) is 32.7. The van der Waals surface area contributed by atoms with Gasteiger partial charge in [-0.15, -0.1) is 0 Å². The van der Waals surface area contributed by atoms with Gasteiger partial charge in [0.15, 0.2) is 0 Å². The summed E-state index contributed by atoms with van der Waals surface area (Å²) in [6.07, 6.45) is 0.265. The number of non-ortho nitro benzene ring substituents is 1. The largest absolute Gasteiger partial charge is 0.461 e. The Morgan fingerprint density at radius 2 is 1.44 bits per heavy atom. The van der Waals surface area contributed by atoms with Crippen LogP contribution < -0.4 is 5.73 Å². The molecule has 0 spiro atoms. The summed E-state index contributed by atoms with van der Waals surface area (Å²) in [7, 11) is 1.99. The second-order valence-corrected chi connectivity index (χ2v) is 11.7. The van der Waals surface area contributed by atoms with Crippen molar-refractivity contribution in [1.29, 1.82) is 0 Å². The topological polar surface area (TPSA) is 122 Å². The van der Waals surface area contributed by atoms with Crippen LogP contribution in [0.15, 0.2) is 107 Å². The fourth-order valence-corrected chi connectivity index (χ4v) is 6.15. The molecule has 1 aliphatic rings. The van der Waals surface area contributed by atoms with Crippen LogP contribution in [0.2, 0.25) is 0 Å². The molecule has 0 aromatic heterocycles. The van der Waals surface area contributed by atoms with Crippen LogP contribution >= 0.6 is 0 Å². The van der Waals surface area contributed by atoms with Gasteiger partial charge >= 0.3 is 11.9 Å². The maximum atomic E-state index is 14.0. The van der Waals surface area contributed by atoms with Gasteiger partial charge in [0.05, 0.1) is 30.5 Å². The number of carbonyl (C=O) groups excluding carboxylic acids is 2. The molecule has 0 fully saturated rings. The van der Waals surface area contributed by atoms with Crippen LogP contribution in [-0.4, -0.2) is 54.2 Å². The Morgan fingerprint density at radius 3 is 1.96 bits per heavy atom. The third kappa shape index (κ3) is 7.21. The summed E-state index contributed by atoms with van der Waals surface area (Å²) in [5.41, 5.74) is 10.2. The highest BCUT2D eigenvalue weighted by molar-refractivity contribution is 5.99. The number of nitro benzene ring substituents is 1. The van der Waals surface area contributed by atoms with E-state index in [-0.39, 0.29) is 40.4 Å².